The number of rotatable bonds is 1. The Bertz CT molecular complexity index is 671. The van der Waals surface area contributed by atoms with Gasteiger partial charge < -0.3 is 4.90 Å². The molecule has 114 valence electrons. The third-order valence-electron chi connectivity index (χ3n) is 5.22. The number of fused-ring (bicyclic) bond motifs is 2. The highest BCUT2D eigenvalue weighted by atomic mass is 32.2. The van der Waals surface area contributed by atoms with Gasteiger partial charge in [0.15, 0.2) is 0 Å². The summed E-state index contributed by atoms with van der Waals surface area (Å²) in [5, 5.41) is 0.500. The van der Waals surface area contributed by atoms with Crippen molar-refractivity contribution in [1.29, 1.82) is 0 Å². The summed E-state index contributed by atoms with van der Waals surface area (Å²) >= 11 is 2.20. The second kappa shape index (κ2) is 5.43. The Morgan fingerprint density at radius 1 is 1.05 bits per heavy atom. The molecule has 2 heterocycles. The van der Waals surface area contributed by atoms with Gasteiger partial charge in [0.25, 0.3) is 0 Å². The van der Waals surface area contributed by atoms with Gasteiger partial charge in [-0.15, -0.1) is 11.8 Å². The summed E-state index contributed by atoms with van der Waals surface area (Å²) in [6.45, 7) is 4.65. The molecule has 0 aromatic heterocycles. The zero-order valence-electron chi connectivity index (χ0n) is 13.4. The van der Waals surface area contributed by atoms with Gasteiger partial charge in [-0.25, -0.2) is 0 Å². The summed E-state index contributed by atoms with van der Waals surface area (Å²) in [6, 6.07) is 18.1. The van der Waals surface area contributed by atoms with Crippen molar-refractivity contribution in [2.24, 2.45) is 0 Å². The normalized spacial score (nSPS) is 23.6. The highest BCUT2D eigenvalue weighted by Crippen LogP contribution is 2.61. The summed E-state index contributed by atoms with van der Waals surface area (Å²) in [5.74, 6) is 0. The van der Waals surface area contributed by atoms with Crippen LogP contribution in [-0.2, 0) is 4.75 Å². The van der Waals surface area contributed by atoms with E-state index in [1.54, 1.807) is 11.1 Å². The van der Waals surface area contributed by atoms with E-state index in [9.17, 15) is 0 Å². The van der Waals surface area contributed by atoms with Crippen LogP contribution in [-0.4, -0.2) is 25.0 Å². The molecule has 0 radical (unpaired) electrons. The van der Waals surface area contributed by atoms with Crippen molar-refractivity contribution in [3.05, 3.63) is 70.8 Å². The highest BCUT2D eigenvalue weighted by molar-refractivity contribution is 8.01. The third-order valence-corrected chi connectivity index (χ3v) is 7.06. The van der Waals surface area contributed by atoms with Gasteiger partial charge in [-0.2, -0.15) is 0 Å². The SMILES string of the molecule is Cc1ccc2c(c1)C1(CCN(C)CC1)SC2c1ccccc1. The van der Waals surface area contributed by atoms with Crippen molar-refractivity contribution in [3.63, 3.8) is 0 Å². The van der Waals surface area contributed by atoms with E-state index in [0.717, 1.165) is 0 Å². The van der Waals surface area contributed by atoms with E-state index in [-0.39, 0.29) is 0 Å². The van der Waals surface area contributed by atoms with Crippen LogP contribution in [0, 0.1) is 6.92 Å². The van der Waals surface area contributed by atoms with Crippen LogP contribution in [0.25, 0.3) is 0 Å². The minimum Gasteiger partial charge on any atom is -0.306 e. The molecule has 2 aromatic rings. The topological polar surface area (TPSA) is 3.24 Å². The summed E-state index contributed by atoms with van der Waals surface area (Å²) in [7, 11) is 2.25. The van der Waals surface area contributed by atoms with Gasteiger partial charge in [0, 0.05) is 4.75 Å². The second-order valence-electron chi connectivity index (χ2n) is 6.80. The first kappa shape index (κ1) is 14.3. The molecule has 0 N–H and O–H groups in total. The van der Waals surface area contributed by atoms with Crippen molar-refractivity contribution >= 4 is 11.8 Å². The average molecular weight is 309 g/mol. The molecule has 0 amide bonds. The molecule has 0 bridgehead atoms. The van der Waals surface area contributed by atoms with E-state index in [1.165, 1.54) is 37.1 Å². The van der Waals surface area contributed by atoms with Crippen molar-refractivity contribution in [2.45, 2.75) is 29.8 Å². The lowest BCUT2D eigenvalue weighted by atomic mass is 9.84. The Labute approximate surface area is 137 Å². The molecule has 0 saturated carbocycles. The molecule has 0 aliphatic carbocycles. The zero-order chi connectivity index (χ0) is 15.2. The number of likely N-dealkylation sites (tertiary alicyclic amines) is 1. The van der Waals surface area contributed by atoms with E-state index in [4.69, 9.17) is 0 Å². The molecule has 1 spiro atoms. The highest BCUT2D eigenvalue weighted by Gasteiger charge is 2.46. The average Bonchev–Trinajstić information content (AvgIpc) is 2.85. The summed E-state index contributed by atoms with van der Waals surface area (Å²) in [4.78, 5) is 2.47. The Morgan fingerprint density at radius 2 is 1.77 bits per heavy atom. The number of piperidine rings is 1. The van der Waals surface area contributed by atoms with Crippen LogP contribution < -0.4 is 0 Å². The predicted molar refractivity (Wildman–Crippen MR) is 95.5 cm³/mol. The van der Waals surface area contributed by atoms with Gasteiger partial charge >= 0.3 is 0 Å². The standard InChI is InChI=1S/C20H23NS/c1-15-8-9-17-18(14-15)20(10-12-21(2)13-11-20)22-19(17)16-6-4-3-5-7-16/h3-9,14,19H,10-13H2,1-2H3. The largest absolute Gasteiger partial charge is 0.306 e. The van der Waals surface area contributed by atoms with Crippen LogP contribution in [0.1, 0.15) is 40.3 Å². The van der Waals surface area contributed by atoms with Gasteiger partial charge in [-0.3, -0.25) is 0 Å². The summed E-state index contributed by atoms with van der Waals surface area (Å²) in [5.41, 5.74) is 6.01. The molecular weight excluding hydrogens is 286 g/mol. The van der Waals surface area contributed by atoms with Gasteiger partial charge in [0.1, 0.15) is 0 Å². The fraction of sp³-hybridized carbons (Fsp3) is 0.400. The summed E-state index contributed by atoms with van der Waals surface area (Å²) in [6.07, 6.45) is 2.54. The van der Waals surface area contributed by atoms with Crippen LogP contribution >= 0.6 is 11.8 Å². The fourth-order valence-corrected chi connectivity index (χ4v) is 5.69. The maximum absolute atomic E-state index is 2.47. The molecule has 2 aliphatic rings. The molecule has 1 fully saturated rings. The maximum Gasteiger partial charge on any atom is 0.0558 e. The molecular formula is C20H23NS. The van der Waals surface area contributed by atoms with E-state index in [2.05, 4.69) is 79.2 Å². The Hall–Kier alpha value is -1.25. The maximum atomic E-state index is 2.47. The van der Waals surface area contributed by atoms with E-state index < -0.39 is 0 Å². The minimum absolute atomic E-state index is 0.328. The van der Waals surface area contributed by atoms with E-state index >= 15 is 0 Å². The first-order valence-electron chi connectivity index (χ1n) is 8.20. The minimum atomic E-state index is 0.328. The smallest absolute Gasteiger partial charge is 0.0558 e. The van der Waals surface area contributed by atoms with E-state index in [1.807, 2.05) is 0 Å². The molecule has 2 heteroatoms. The van der Waals surface area contributed by atoms with Gasteiger partial charge in [-0.05, 0) is 56.6 Å². The van der Waals surface area contributed by atoms with Crippen LogP contribution in [0.4, 0.5) is 0 Å². The third kappa shape index (κ3) is 2.29. The Kier molecular flexibility index (Phi) is 3.54. The van der Waals surface area contributed by atoms with Crippen molar-refractivity contribution < 1.29 is 0 Å². The van der Waals surface area contributed by atoms with Gasteiger partial charge in [-0.1, -0.05) is 54.1 Å². The lowest BCUT2D eigenvalue weighted by Gasteiger charge is -2.38. The molecule has 4 rings (SSSR count). The van der Waals surface area contributed by atoms with Crippen LogP contribution in [0.2, 0.25) is 0 Å². The number of hydrogen-bond donors (Lipinski definition) is 0. The summed E-state index contributed by atoms with van der Waals surface area (Å²) < 4.78 is 0.328. The number of thioether (sulfide) groups is 1. The Balaban J connectivity index is 1.80. The Morgan fingerprint density at radius 3 is 2.50 bits per heavy atom. The first-order valence-corrected chi connectivity index (χ1v) is 9.08. The molecule has 22 heavy (non-hydrogen) atoms. The van der Waals surface area contributed by atoms with Crippen LogP contribution in [0.5, 0.6) is 0 Å². The van der Waals surface area contributed by atoms with Crippen molar-refractivity contribution in [2.75, 3.05) is 20.1 Å². The molecule has 1 nitrogen and oxygen atoms in total. The molecule has 1 atom stereocenters. The van der Waals surface area contributed by atoms with Crippen LogP contribution in [0.15, 0.2) is 48.5 Å². The number of aryl methyl sites for hydroxylation is 1. The van der Waals surface area contributed by atoms with Crippen LogP contribution in [0.3, 0.4) is 0 Å². The quantitative estimate of drug-likeness (QED) is 0.747. The predicted octanol–water partition coefficient (Wildman–Crippen LogP) is 4.75. The monoisotopic (exact) mass is 309 g/mol. The van der Waals surface area contributed by atoms with Gasteiger partial charge in [0.05, 0.1) is 5.25 Å². The van der Waals surface area contributed by atoms with Crippen molar-refractivity contribution in [3.8, 4) is 0 Å². The fourth-order valence-electron chi connectivity index (χ4n) is 3.89. The van der Waals surface area contributed by atoms with Crippen molar-refractivity contribution in [1.82, 2.24) is 4.90 Å². The number of benzene rings is 2. The number of hydrogen-bond acceptors (Lipinski definition) is 2. The van der Waals surface area contributed by atoms with E-state index in [0.29, 0.717) is 10.00 Å². The lowest BCUT2D eigenvalue weighted by molar-refractivity contribution is 0.241. The second-order valence-corrected chi connectivity index (χ2v) is 8.29. The molecule has 2 aliphatic heterocycles. The molecule has 1 saturated heterocycles. The molecule has 2 aromatic carbocycles. The number of nitrogens with zero attached hydrogens (tertiary/aromatic N) is 1. The lowest BCUT2D eigenvalue weighted by Crippen LogP contribution is -2.37. The van der Waals surface area contributed by atoms with Gasteiger partial charge in [0.2, 0.25) is 0 Å². The zero-order valence-corrected chi connectivity index (χ0v) is 14.2. The first-order chi connectivity index (χ1) is 10.7. The molecule has 1 unspecified atom stereocenters.